The van der Waals surface area contributed by atoms with Crippen LogP contribution in [-0.4, -0.2) is 45.8 Å². The SMILES string of the molecule is c1ccc2c(-c3cnc4cc(-c5ccc(N6CCNCC6)cc5)ccn34)cnnc2c1. The molecule has 4 heterocycles. The maximum absolute atomic E-state index is 4.68. The van der Waals surface area contributed by atoms with Gasteiger partial charge in [0.2, 0.25) is 0 Å². The van der Waals surface area contributed by atoms with Crippen molar-refractivity contribution in [2.75, 3.05) is 31.1 Å². The van der Waals surface area contributed by atoms with Crippen molar-refractivity contribution >= 4 is 22.2 Å². The Morgan fingerprint density at radius 1 is 0.839 bits per heavy atom. The van der Waals surface area contributed by atoms with Gasteiger partial charge in [-0.1, -0.05) is 30.3 Å². The second kappa shape index (κ2) is 7.49. The van der Waals surface area contributed by atoms with Gasteiger partial charge in [-0.05, 0) is 41.5 Å². The number of fused-ring (bicyclic) bond motifs is 2. The molecule has 6 rings (SSSR count). The first-order valence-electron chi connectivity index (χ1n) is 10.6. The Hall–Kier alpha value is -3.77. The van der Waals surface area contributed by atoms with Crippen molar-refractivity contribution in [1.29, 1.82) is 0 Å². The minimum atomic E-state index is 0.885. The third-order valence-electron chi connectivity index (χ3n) is 6.02. The molecule has 1 aliphatic heterocycles. The van der Waals surface area contributed by atoms with E-state index in [0.29, 0.717) is 0 Å². The molecule has 0 saturated carbocycles. The van der Waals surface area contributed by atoms with Crippen LogP contribution in [0, 0.1) is 0 Å². The third-order valence-corrected chi connectivity index (χ3v) is 6.02. The van der Waals surface area contributed by atoms with Crippen LogP contribution in [0.2, 0.25) is 0 Å². The van der Waals surface area contributed by atoms with Crippen LogP contribution in [0.25, 0.3) is 38.9 Å². The number of benzene rings is 2. The molecule has 0 unspecified atom stereocenters. The van der Waals surface area contributed by atoms with E-state index in [1.54, 1.807) is 0 Å². The Kier molecular flexibility index (Phi) is 4.35. The molecule has 152 valence electrons. The maximum Gasteiger partial charge on any atom is 0.137 e. The molecule has 0 aliphatic carbocycles. The molecule has 2 aromatic carbocycles. The molecule has 0 radical (unpaired) electrons. The molecule has 1 saturated heterocycles. The standard InChI is InChI=1S/C25H22N6/c1-2-4-23-21(3-1)22(16-28-29-23)24-17-27-25-15-19(9-12-31(24)25)18-5-7-20(8-6-18)30-13-10-26-11-14-30/h1-9,12,15-17,26H,10-11,13-14H2. The van der Waals surface area contributed by atoms with Crippen LogP contribution >= 0.6 is 0 Å². The number of rotatable bonds is 3. The van der Waals surface area contributed by atoms with Crippen molar-refractivity contribution in [2.24, 2.45) is 0 Å². The van der Waals surface area contributed by atoms with Gasteiger partial charge >= 0.3 is 0 Å². The summed E-state index contributed by atoms with van der Waals surface area (Å²) in [5.41, 5.74) is 7.49. The summed E-state index contributed by atoms with van der Waals surface area (Å²) in [6.45, 7) is 4.20. The van der Waals surface area contributed by atoms with Gasteiger partial charge in [-0.2, -0.15) is 10.2 Å². The average molecular weight is 406 g/mol. The summed E-state index contributed by atoms with van der Waals surface area (Å²) in [5, 5.41) is 12.9. The monoisotopic (exact) mass is 406 g/mol. The molecule has 6 heteroatoms. The first kappa shape index (κ1) is 18.0. The lowest BCUT2D eigenvalue weighted by molar-refractivity contribution is 0.589. The molecule has 0 bridgehead atoms. The van der Waals surface area contributed by atoms with Gasteiger partial charge in [-0.3, -0.25) is 4.40 Å². The van der Waals surface area contributed by atoms with Crippen molar-refractivity contribution < 1.29 is 0 Å². The molecule has 3 aromatic heterocycles. The van der Waals surface area contributed by atoms with E-state index in [0.717, 1.165) is 59.5 Å². The van der Waals surface area contributed by atoms with Gasteiger partial charge in [-0.15, -0.1) is 0 Å². The zero-order valence-electron chi connectivity index (χ0n) is 17.1. The normalized spacial score (nSPS) is 14.4. The van der Waals surface area contributed by atoms with Crippen LogP contribution in [-0.2, 0) is 0 Å². The van der Waals surface area contributed by atoms with Crippen LogP contribution < -0.4 is 10.2 Å². The Bertz CT molecular complexity index is 1360. The molecular weight excluding hydrogens is 384 g/mol. The molecular formula is C25H22N6. The zero-order chi connectivity index (χ0) is 20.6. The molecule has 5 aromatic rings. The van der Waals surface area contributed by atoms with E-state index >= 15 is 0 Å². The number of hydrogen-bond acceptors (Lipinski definition) is 5. The van der Waals surface area contributed by atoms with Crippen LogP contribution in [0.3, 0.4) is 0 Å². The maximum atomic E-state index is 4.68. The molecule has 31 heavy (non-hydrogen) atoms. The van der Waals surface area contributed by atoms with Gasteiger partial charge < -0.3 is 10.2 Å². The summed E-state index contributed by atoms with van der Waals surface area (Å²) >= 11 is 0. The summed E-state index contributed by atoms with van der Waals surface area (Å²) in [6.07, 6.45) is 5.82. The lowest BCUT2D eigenvalue weighted by Gasteiger charge is -2.29. The molecule has 1 aliphatic rings. The highest BCUT2D eigenvalue weighted by molar-refractivity contribution is 5.93. The molecule has 6 nitrogen and oxygen atoms in total. The van der Waals surface area contributed by atoms with Gasteiger partial charge in [0.15, 0.2) is 0 Å². The number of imidazole rings is 1. The van der Waals surface area contributed by atoms with E-state index in [2.05, 4.69) is 78.5 Å². The van der Waals surface area contributed by atoms with E-state index < -0.39 is 0 Å². The second-order valence-corrected chi connectivity index (χ2v) is 7.85. The highest BCUT2D eigenvalue weighted by Gasteiger charge is 2.13. The summed E-state index contributed by atoms with van der Waals surface area (Å²) in [5.74, 6) is 0. The van der Waals surface area contributed by atoms with Gasteiger partial charge in [0, 0.05) is 49.0 Å². The minimum Gasteiger partial charge on any atom is -0.369 e. The molecule has 1 fully saturated rings. The Morgan fingerprint density at radius 3 is 2.55 bits per heavy atom. The fourth-order valence-electron chi connectivity index (χ4n) is 4.36. The lowest BCUT2D eigenvalue weighted by Crippen LogP contribution is -2.43. The summed E-state index contributed by atoms with van der Waals surface area (Å²) < 4.78 is 2.11. The van der Waals surface area contributed by atoms with E-state index in [1.807, 2.05) is 30.6 Å². The lowest BCUT2D eigenvalue weighted by atomic mass is 10.1. The van der Waals surface area contributed by atoms with Crippen LogP contribution in [0.15, 0.2) is 79.3 Å². The van der Waals surface area contributed by atoms with Gasteiger partial charge in [0.1, 0.15) is 5.65 Å². The van der Waals surface area contributed by atoms with Crippen molar-refractivity contribution in [2.45, 2.75) is 0 Å². The summed E-state index contributed by atoms with van der Waals surface area (Å²) in [6, 6.07) is 21.2. The van der Waals surface area contributed by atoms with Crippen LogP contribution in [0.5, 0.6) is 0 Å². The molecule has 0 atom stereocenters. The second-order valence-electron chi connectivity index (χ2n) is 7.85. The highest BCUT2D eigenvalue weighted by atomic mass is 15.2. The fraction of sp³-hybridized carbons (Fsp3) is 0.160. The van der Waals surface area contributed by atoms with E-state index in [9.17, 15) is 0 Å². The summed E-state index contributed by atoms with van der Waals surface area (Å²) in [4.78, 5) is 7.11. The number of aromatic nitrogens is 4. The van der Waals surface area contributed by atoms with E-state index in [-0.39, 0.29) is 0 Å². The quantitative estimate of drug-likeness (QED) is 0.490. The predicted octanol–water partition coefficient (Wildman–Crippen LogP) is 4.02. The van der Waals surface area contributed by atoms with Crippen molar-refractivity contribution in [3.8, 4) is 22.4 Å². The number of piperazine rings is 1. The van der Waals surface area contributed by atoms with Crippen molar-refractivity contribution in [1.82, 2.24) is 24.9 Å². The Labute approximate surface area is 180 Å². The van der Waals surface area contributed by atoms with Gasteiger partial charge in [0.25, 0.3) is 0 Å². The number of nitrogens with zero attached hydrogens (tertiary/aromatic N) is 5. The van der Waals surface area contributed by atoms with Crippen molar-refractivity contribution in [3.63, 3.8) is 0 Å². The average Bonchev–Trinajstić information content (AvgIpc) is 3.27. The molecule has 0 spiro atoms. The Morgan fingerprint density at radius 2 is 1.68 bits per heavy atom. The minimum absolute atomic E-state index is 0.885. The van der Waals surface area contributed by atoms with Crippen molar-refractivity contribution in [3.05, 3.63) is 79.3 Å². The van der Waals surface area contributed by atoms with Gasteiger partial charge in [0.05, 0.1) is 23.6 Å². The first-order valence-corrected chi connectivity index (χ1v) is 10.6. The zero-order valence-corrected chi connectivity index (χ0v) is 17.1. The van der Waals surface area contributed by atoms with Crippen LogP contribution in [0.4, 0.5) is 5.69 Å². The predicted molar refractivity (Wildman–Crippen MR) is 124 cm³/mol. The highest BCUT2D eigenvalue weighted by Crippen LogP contribution is 2.29. The molecule has 1 N–H and O–H groups in total. The largest absolute Gasteiger partial charge is 0.369 e. The number of pyridine rings is 1. The number of hydrogen-bond donors (Lipinski definition) is 1. The summed E-state index contributed by atoms with van der Waals surface area (Å²) in [7, 11) is 0. The smallest absolute Gasteiger partial charge is 0.137 e. The number of anilines is 1. The first-order chi connectivity index (χ1) is 15.4. The third kappa shape index (κ3) is 3.21. The van der Waals surface area contributed by atoms with Gasteiger partial charge in [-0.25, -0.2) is 4.98 Å². The van der Waals surface area contributed by atoms with Crippen LogP contribution in [0.1, 0.15) is 0 Å². The molecule has 0 amide bonds. The number of nitrogens with one attached hydrogen (secondary N) is 1. The fourth-order valence-corrected chi connectivity index (χ4v) is 4.36. The topological polar surface area (TPSA) is 58.4 Å². The Balaban J connectivity index is 1.36. The van der Waals surface area contributed by atoms with E-state index in [1.165, 1.54) is 11.3 Å². The van der Waals surface area contributed by atoms with E-state index in [4.69, 9.17) is 0 Å².